The van der Waals surface area contributed by atoms with E-state index in [1.54, 1.807) is 18.3 Å². The molecule has 0 amide bonds. The first-order chi connectivity index (χ1) is 14.0. The van der Waals surface area contributed by atoms with Crippen LogP contribution in [0.25, 0.3) is 11.4 Å². The maximum absolute atomic E-state index is 12.3. The molecule has 0 bridgehead atoms. The van der Waals surface area contributed by atoms with Crippen LogP contribution in [0.3, 0.4) is 0 Å². The Bertz CT molecular complexity index is 1010. The van der Waals surface area contributed by atoms with Crippen molar-refractivity contribution < 1.29 is 13.5 Å². The number of hydrogen-bond donors (Lipinski definition) is 1. The van der Waals surface area contributed by atoms with Crippen LogP contribution in [-0.2, 0) is 0 Å². The number of hydrogen-bond acceptors (Lipinski definition) is 5. The van der Waals surface area contributed by atoms with Gasteiger partial charge >= 0.3 is 6.61 Å². The molecular weight excluding hydrogens is 396 g/mol. The van der Waals surface area contributed by atoms with Gasteiger partial charge in [-0.3, -0.25) is 0 Å². The van der Waals surface area contributed by atoms with Gasteiger partial charge in [-0.05, 0) is 68.0 Å². The van der Waals surface area contributed by atoms with Gasteiger partial charge in [0.1, 0.15) is 5.75 Å². The Hall–Kier alpha value is -3.07. The zero-order valence-corrected chi connectivity index (χ0v) is 16.9. The summed E-state index contributed by atoms with van der Waals surface area (Å²) >= 11 is 5.26. The van der Waals surface area contributed by atoms with Gasteiger partial charge in [0, 0.05) is 24.3 Å². The molecule has 0 saturated carbocycles. The Morgan fingerprint density at radius 3 is 2.38 bits per heavy atom. The van der Waals surface area contributed by atoms with E-state index in [-0.39, 0.29) is 5.75 Å². The van der Waals surface area contributed by atoms with E-state index in [1.165, 1.54) is 16.8 Å². The minimum absolute atomic E-state index is 0.0706. The molecular formula is C20H21F2N5OS. The number of nitrogens with one attached hydrogen (secondary N) is 1. The van der Waals surface area contributed by atoms with Crippen molar-refractivity contribution in [3.63, 3.8) is 0 Å². The standard InChI is InChI=1S/C20H21F2N5OS/c1-3-26(4-2)16-9-5-14(6-10-16)13-23-27-18(24-25-20(27)29)15-7-11-17(12-8-15)28-19(21)22/h5-13,19H,3-4H2,1-2H3,(H,25,29). The van der Waals surface area contributed by atoms with E-state index < -0.39 is 6.61 Å². The highest BCUT2D eigenvalue weighted by molar-refractivity contribution is 7.71. The predicted octanol–water partition coefficient (Wildman–Crippen LogP) is 4.94. The van der Waals surface area contributed by atoms with Crippen LogP contribution in [0.5, 0.6) is 5.75 Å². The second-order valence-corrected chi connectivity index (χ2v) is 6.46. The molecule has 1 heterocycles. The maximum Gasteiger partial charge on any atom is 0.387 e. The molecule has 0 spiro atoms. The van der Waals surface area contributed by atoms with E-state index in [0.29, 0.717) is 16.2 Å². The zero-order chi connectivity index (χ0) is 20.8. The number of anilines is 1. The van der Waals surface area contributed by atoms with Crippen LogP contribution in [0.2, 0.25) is 0 Å². The molecule has 152 valence electrons. The zero-order valence-electron chi connectivity index (χ0n) is 16.0. The predicted molar refractivity (Wildman–Crippen MR) is 112 cm³/mol. The Morgan fingerprint density at radius 2 is 1.79 bits per heavy atom. The number of rotatable bonds is 8. The minimum Gasteiger partial charge on any atom is -0.435 e. The van der Waals surface area contributed by atoms with Crippen LogP contribution < -0.4 is 9.64 Å². The third-order valence-electron chi connectivity index (χ3n) is 4.33. The van der Waals surface area contributed by atoms with Gasteiger partial charge in [-0.2, -0.15) is 23.7 Å². The van der Waals surface area contributed by atoms with Gasteiger partial charge in [0.15, 0.2) is 5.82 Å². The van der Waals surface area contributed by atoms with Crippen molar-refractivity contribution in [2.75, 3.05) is 18.0 Å². The van der Waals surface area contributed by atoms with Crippen molar-refractivity contribution in [3.8, 4) is 17.1 Å². The number of benzene rings is 2. The van der Waals surface area contributed by atoms with Crippen molar-refractivity contribution in [2.45, 2.75) is 20.5 Å². The van der Waals surface area contributed by atoms with E-state index in [1.807, 2.05) is 24.3 Å². The lowest BCUT2D eigenvalue weighted by Gasteiger charge is -2.20. The number of halogens is 2. The summed E-state index contributed by atoms with van der Waals surface area (Å²) in [5, 5.41) is 11.3. The summed E-state index contributed by atoms with van der Waals surface area (Å²) < 4.78 is 30.8. The lowest BCUT2D eigenvalue weighted by molar-refractivity contribution is -0.0498. The number of alkyl halides is 2. The first-order valence-electron chi connectivity index (χ1n) is 9.13. The second-order valence-electron chi connectivity index (χ2n) is 6.08. The summed E-state index contributed by atoms with van der Waals surface area (Å²) in [4.78, 5) is 2.26. The van der Waals surface area contributed by atoms with Gasteiger partial charge in [-0.25, -0.2) is 5.10 Å². The largest absolute Gasteiger partial charge is 0.435 e. The average molecular weight is 417 g/mol. The topological polar surface area (TPSA) is 58.4 Å². The molecule has 0 unspecified atom stereocenters. The summed E-state index contributed by atoms with van der Waals surface area (Å²) in [5.41, 5.74) is 2.72. The van der Waals surface area contributed by atoms with Crippen molar-refractivity contribution in [2.24, 2.45) is 5.10 Å². The number of H-pyrrole nitrogens is 1. The molecule has 0 aliphatic heterocycles. The SMILES string of the molecule is CCN(CC)c1ccc(C=Nn2c(-c3ccc(OC(F)F)cc3)n[nH]c2=S)cc1. The summed E-state index contributed by atoms with van der Waals surface area (Å²) in [6, 6.07) is 14.2. The smallest absolute Gasteiger partial charge is 0.387 e. The Labute approximate surface area is 172 Å². The average Bonchev–Trinajstić information content (AvgIpc) is 3.09. The Kier molecular flexibility index (Phi) is 6.71. The van der Waals surface area contributed by atoms with Gasteiger partial charge in [0.25, 0.3) is 0 Å². The molecule has 2 aromatic carbocycles. The lowest BCUT2D eigenvalue weighted by atomic mass is 10.2. The summed E-state index contributed by atoms with van der Waals surface area (Å²) in [6.45, 7) is 3.26. The van der Waals surface area contributed by atoms with Crippen molar-refractivity contribution in [1.82, 2.24) is 14.9 Å². The highest BCUT2D eigenvalue weighted by Gasteiger charge is 2.10. The normalized spacial score (nSPS) is 11.3. The maximum atomic E-state index is 12.3. The molecule has 29 heavy (non-hydrogen) atoms. The highest BCUT2D eigenvalue weighted by atomic mass is 32.1. The van der Waals surface area contributed by atoms with Gasteiger partial charge in [-0.1, -0.05) is 12.1 Å². The highest BCUT2D eigenvalue weighted by Crippen LogP contribution is 2.22. The van der Waals surface area contributed by atoms with Crippen molar-refractivity contribution in [1.29, 1.82) is 0 Å². The number of aromatic nitrogens is 3. The molecule has 1 aromatic heterocycles. The molecule has 1 N–H and O–H groups in total. The van der Waals surface area contributed by atoms with Crippen LogP contribution >= 0.6 is 12.2 Å². The van der Waals surface area contributed by atoms with Crippen molar-refractivity contribution >= 4 is 24.1 Å². The first-order valence-corrected chi connectivity index (χ1v) is 9.54. The fourth-order valence-electron chi connectivity index (χ4n) is 2.86. The second kappa shape index (κ2) is 9.42. The van der Waals surface area contributed by atoms with Gasteiger partial charge < -0.3 is 9.64 Å². The fourth-order valence-corrected chi connectivity index (χ4v) is 3.03. The fraction of sp³-hybridized carbons (Fsp3) is 0.250. The summed E-state index contributed by atoms with van der Waals surface area (Å²) in [7, 11) is 0. The summed E-state index contributed by atoms with van der Waals surface area (Å²) in [6.07, 6.45) is 1.69. The Morgan fingerprint density at radius 1 is 1.14 bits per heavy atom. The molecule has 0 atom stereocenters. The number of ether oxygens (including phenoxy) is 1. The van der Waals surface area contributed by atoms with E-state index >= 15 is 0 Å². The van der Waals surface area contributed by atoms with Crippen LogP contribution in [0.4, 0.5) is 14.5 Å². The molecule has 0 aliphatic carbocycles. The molecule has 0 saturated heterocycles. The Balaban J connectivity index is 1.82. The van der Waals surface area contributed by atoms with E-state index in [2.05, 4.69) is 38.8 Å². The van der Waals surface area contributed by atoms with Gasteiger partial charge in [0.05, 0.1) is 6.21 Å². The third-order valence-corrected chi connectivity index (χ3v) is 4.60. The molecule has 0 radical (unpaired) electrons. The van der Waals surface area contributed by atoms with Crippen LogP contribution in [0.1, 0.15) is 19.4 Å². The van der Waals surface area contributed by atoms with Crippen LogP contribution in [-0.4, -0.2) is 40.8 Å². The lowest BCUT2D eigenvalue weighted by Crippen LogP contribution is -2.21. The molecule has 9 heteroatoms. The van der Waals surface area contributed by atoms with E-state index in [0.717, 1.165) is 24.3 Å². The van der Waals surface area contributed by atoms with Gasteiger partial charge in [-0.15, -0.1) is 0 Å². The minimum atomic E-state index is -2.87. The molecule has 6 nitrogen and oxygen atoms in total. The third kappa shape index (κ3) is 5.05. The monoisotopic (exact) mass is 417 g/mol. The van der Waals surface area contributed by atoms with E-state index in [9.17, 15) is 8.78 Å². The first kappa shape index (κ1) is 20.7. The molecule has 3 rings (SSSR count). The molecule has 3 aromatic rings. The molecule has 0 aliphatic rings. The van der Waals surface area contributed by atoms with Gasteiger partial charge in [0.2, 0.25) is 4.77 Å². The number of nitrogens with zero attached hydrogens (tertiary/aromatic N) is 4. The van der Waals surface area contributed by atoms with Crippen molar-refractivity contribution in [3.05, 3.63) is 58.9 Å². The van der Waals surface area contributed by atoms with Crippen LogP contribution in [0.15, 0.2) is 53.6 Å². The number of aromatic amines is 1. The quantitative estimate of drug-likeness (QED) is 0.417. The van der Waals surface area contributed by atoms with Crippen LogP contribution in [0, 0.1) is 4.77 Å². The van der Waals surface area contributed by atoms with E-state index in [4.69, 9.17) is 12.2 Å². The summed E-state index contributed by atoms with van der Waals surface area (Å²) in [5.74, 6) is 0.538. The molecule has 0 fully saturated rings.